The number of aliphatic hydroxyl groups excluding tert-OH is 1. The average Bonchev–Trinajstić information content (AvgIpc) is 3.16. The number of hydrogen-bond donors (Lipinski definition) is 1. The molecule has 0 saturated heterocycles. The fraction of sp³-hybridized carbons (Fsp3) is 0.625. The molecule has 26 heavy (non-hydrogen) atoms. The molecule has 1 fully saturated rings. The minimum atomic E-state index is -4.23. The van der Waals surface area contributed by atoms with Gasteiger partial charge in [0.2, 0.25) is 0 Å². The second-order valence-electron chi connectivity index (χ2n) is 6.74. The molecule has 10 heteroatoms. The van der Waals surface area contributed by atoms with Crippen LogP contribution in [0.15, 0.2) is 0 Å². The third-order valence-corrected chi connectivity index (χ3v) is 6.20. The van der Waals surface area contributed by atoms with E-state index >= 15 is 0 Å². The Hall–Kier alpha value is -1.68. The van der Waals surface area contributed by atoms with Gasteiger partial charge in [0.05, 0.1) is 4.88 Å². The number of rotatable bonds is 6. The van der Waals surface area contributed by atoms with Crippen LogP contribution in [0.25, 0.3) is 0 Å². The van der Waals surface area contributed by atoms with Crippen LogP contribution in [-0.2, 0) is 0 Å². The number of urea groups is 1. The van der Waals surface area contributed by atoms with Gasteiger partial charge in [0.15, 0.2) is 12.5 Å². The van der Waals surface area contributed by atoms with Crippen molar-refractivity contribution in [1.29, 1.82) is 0 Å². The van der Waals surface area contributed by atoms with Crippen molar-refractivity contribution in [2.45, 2.75) is 51.3 Å². The number of anilines is 1. The molecule has 1 N–H and O–H groups in total. The quantitative estimate of drug-likeness (QED) is 0.590. The van der Waals surface area contributed by atoms with Gasteiger partial charge in [-0.2, -0.15) is 0 Å². The molecule has 0 aromatic carbocycles. The SMILES string of the molecule is Cc1c(C=O)sc2c1C(O)N(C1CC1C)C(=O)N2CCC(F)(F)C(F)F. The molecule has 1 saturated carbocycles. The van der Waals surface area contributed by atoms with Gasteiger partial charge in [-0.05, 0) is 24.8 Å². The lowest BCUT2D eigenvalue weighted by atomic mass is 10.1. The summed E-state index contributed by atoms with van der Waals surface area (Å²) in [6.45, 7) is 2.84. The van der Waals surface area contributed by atoms with Crippen LogP contribution in [0.4, 0.5) is 27.4 Å². The smallest absolute Gasteiger partial charge is 0.327 e. The van der Waals surface area contributed by atoms with Gasteiger partial charge >= 0.3 is 18.4 Å². The second kappa shape index (κ2) is 6.49. The Morgan fingerprint density at radius 3 is 2.54 bits per heavy atom. The zero-order valence-corrected chi connectivity index (χ0v) is 14.9. The molecule has 2 heterocycles. The number of nitrogens with zero attached hydrogens (tertiary/aromatic N) is 2. The largest absolute Gasteiger partial charge is 0.369 e. The van der Waals surface area contributed by atoms with Crippen molar-refractivity contribution in [3.05, 3.63) is 16.0 Å². The van der Waals surface area contributed by atoms with Gasteiger partial charge < -0.3 is 5.11 Å². The Balaban J connectivity index is 1.98. The molecule has 0 bridgehead atoms. The highest BCUT2D eigenvalue weighted by molar-refractivity contribution is 7.18. The molecule has 3 atom stereocenters. The molecule has 1 aromatic heterocycles. The van der Waals surface area contributed by atoms with Crippen LogP contribution in [0.2, 0.25) is 0 Å². The van der Waals surface area contributed by atoms with Crippen LogP contribution < -0.4 is 4.90 Å². The van der Waals surface area contributed by atoms with Gasteiger partial charge in [-0.3, -0.25) is 14.6 Å². The summed E-state index contributed by atoms with van der Waals surface area (Å²) in [5.41, 5.74) is 0.764. The maximum Gasteiger partial charge on any atom is 0.327 e. The van der Waals surface area contributed by atoms with E-state index in [4.69, 9.17) is 0 Å². The van der Waals surface area contributed by atoms with Crippen molar-refractivity contribution in [1.82, 2.24) is 4.90 Å². The average molecular weight is 394 g/mol. The van der Waals surface area contributed by atoms with E-state index in [9.17, 15) is 32.3 Å². The summed E-state index contributed by atoms with van der Waals surface area (Å²) >= 11 is 0.889. The van der Waals surface area contributed by atoms with E-state index in [1.54, 1.807) is 6.92 Å². The molecule has 2 amide bonds. The summed E-state index contributed by atoms with van der Waals surface area (Å²) in [5.74, 6) is -4.09. The second-order valence-corrected chi connectivity index (χ2v) is 7.77. The number of fused-ring (bicyclic) bond motifs is 1. The molecule has 1 aromatic rings. The van der Waals surface area contributed by atoms with E-state index in [1.165, 1.54) is 4.90 Å². The van der Waals surface area contributed by atoms with Crippen LogP contribution in [-0.4, -0.2) is 47.3 Å². The lowest BCUT2D eigenvalue weighted by Gasteiger charge is -2.39. The zero-order chi connectivity index (χ0) is 19.4. The molecule has 0 spiro atoms. The first kappa shape index (κ1) is 19.1. The number of alkyl halides is 4. The lowest BCUT2D eigenvalue weighted by molar-refractivity contribution is -0.131. The standard InChI is InChI=1S/C16H18F4N2O3S/c1-7-5-9(7)22-12(24)11-8(2)10(6-23)26-13(11)21(15(22)25)4-3-16(19,20)14(17)18/h6-7,9,12,14,24H,3-5H2,1-2H3. The normalized spacial score (nSPS) is 25.7. The molecule has 144 valence electrons. The Labute approximate surface area is 151 Å². The summed E-state index contributed by atoms with van der Waals surface area (Å²) in [6.07, 6.45) is -5.12. The summed E-state index contributed by atoms with van der Waals surface area (Å²) in [6, 6.07) is -0.953. The number of hydrogen-bond acceptors (Lipinski definition) is 4. The Morgan fingerprint density at radius 1 is 1.42 bits per heavy atom. The molecule has 3 rings (SSSR count). The number of carbonyl (C=O) groups excluding carboxylic acids is 2. The Bertz CT molecular complexity index is 739. The number of carbonyl (C=O) groups is 2. The molecule has 1 aliphatic carbocycles. The van der Waals surface area contributed by atoms with Crippen LogP contribution in [0, 0.1) is 12.8 Å². The topological polar surface area (TPSA) is 60.9 Å². The molecule has 1 aliphatic heterocycles. The number of amides is 2. The fourth-order valence-corrected chi connectivity index (χ4v) is 4.36. The first-order valence-corrected chi connectivity index (χ1v) is 8.94. The Morgan fingerprint density at radius 2 is 2.04 bits per heavy atom. The summed E-state index contributed by atoms with van der Waals surface area (Å²) in [4.78, 5) is 26.5. The number of halogens is 4. The number of aldehydes is 1. The van der Waals surface area contributed by atoms with Crippen LogP contribution >= 0.6 is 11.3 Å². The van der Waals surface area contributed by atoms with Crippen molar-refractivity contribution in [3.63, 3.8) is 0 Å². The molecule has 0 radical (unpaired) electrons. The van der Waals surface area contributed by atoms with Crippen molar-refractivity contribution < 1.29 is 32.3 Å². The maximum absolute atomic E-state index is 13.4. The molecular formula is C16H18F4N2O3S. The van der Waals surface area contributed by atoms with E-state index in [0.717, 1.165) is 16.2 Å². The van der Waals surface area contributed by atoms with Gasteiger partial charge in [0, 0.05) is 24.6 Å². The van der Waals surface area contributed by atoms with E-state index < -0.39 is 37.6 Å². The third kappa shape index (κ3) is 2.98. The summed E-state index contributed by atoms with van der Waals surface area (Å²) in [7, 11) is 0. The highest BCUT2D eigenvalue weighted by Gasteiger charge is 2.50. The van der Waals surface area contributed by atoms with Gasteiger partial charge in [-0.25, -0.2) is 22.4 Å². The first-order chi connectivity index (χ1) is 12.1. The molecule has 3 unspecified atom stereocenters. The summed E-state index contributed by atoms with van der Waals surface area (Å²) in [5, 5.41) is 10.8. The minimum Gasteiger partial charge on any atom is -0.369 e. The highest BCUT2D eigenvalue weighted by atomic mass is 32.1. The van der Waals surface area contributed by atoms with E-state index in [2.05, 4.69) is 0 Å². The van der Waals surface area contributed by atoms with E-state index in [1.807, 2.05) is 6.92 Å². The van der Waals surface area contributed by atoms with Crippen molar-refractivity contribution in [2.24, 2.45) is 5.92 Å². The van der Waals surface area contributed by atoms with Gasteiger partial charge in [0.25, 0.3) is 0 Å². The lowest BCUT2D eigenvalue weighted by Crippen LogP contribution is -2.51. The number of aliphatic hydroxyl groups is 1. The third-order valence-electron chi connectivity index (χ3n) is 4.95. The van der Waals surface area contributed by atoms with E-state index in [-0.39, 0.29) is 21.8 Å². The van der Waals surface area contributed by atoms with Crippen LogP contribution in [0.1, 0.15) is 46.8 Å². The van der Waals surface area contributed by atoms with Crippen molar-refractivity contribution in [2.75, 3.05) is 11.4 Å². The van der Waals surface area contributed by atoms with E-state index in [0.29, 0.717) is 23.8 Å². The van der Waals surface area contributed by atoms with Gasteiger partial charge in [-0.1, -0.05) is 6.92 Å². The minimum absolute atomic E-state index is 0.143. The first-order valence-electron chi connectivity index (χ1n) is 8.12. The molecule has 2 aliphatic rings. The van der Waals surface area contributed by atoms with Crippen LogP contribution in [0.3, 0.4) is 0 Å². The predicted molar refractivity (Wildman–Crippen MR) is 87.1 cm³/mol. The van der Waals surface area contributed by atoms with Crippen molar-refractivity contribution in [3.8, 4) is 0 Å². The van der Waals surface area contributed by atoms with Crippen molar-refractivity contribution >= 4 is 28.7 Å². The highest BCUT2D eigenvalue weighted by Crippen LogP contribution is 2.49. The molecular weight excluding hydrogens is 376 g/mol. The maximum atomic E-state index is 13.4. The summed E-state index contributed by atoms with van der Waals surface area (Å²) < 4.78 is 51.6. The van der Waals surface area contributed by atoms with Crippen LogP contribution in [0.5, 0.6) is 0 Å². The number of thiophene rings is 1. The Kier molecular flexibility index (Phi) is 4.76. The zero-order valence-electron chi connectivity index (χ0n) is 14.1. The predicted octanol–water partition coefficient (Wildman–Crippen LogP) is 3.80. The fourth-order valence-electron chi connectivity index (χ4n) is 3.20. The van der Waals surface area contributed by atoms with Gasteiger partial charge in [-0.15, -0.1) is 11.3 Å². The van der Waals surface area contributed by atoms with Gasteiger partial charge in [0.1, 0.15) is 5.00 Å². The molecule has 5 nitrogen and oxygen atoms in total. The monoisotopic (exact) mass is 394 g/mol.